The molecule has 0 saturated carbocycles. The first-order valence-corrected chi connectivity index (χ1v) is 11.4. The summed E-state index contributed by atoms with van der Waals surface area (Å²) in [7, 11) is -0.154. The molecule has 1 unspecified atom stereocenters. The van der Waals surface area contributed by atoms with Crippen molar-refractivity contribution in [2.24, 2.45) is 0 Å². The van der Waals surface area contributed by atoms with Crippen LogP contribution in [0, 0.1) is 0 Å². The van der Waals surface area contributed by atoms with Gasteiger partial charge in [0.1, 0.15) is 0 Å². The minimum Gasteiger partial charge on any atom is -0.383 e. The lowest BCUT2D eigenvalue weighted by atomic mass is 10.2. The predicted octanol–water partition coefficient (Wildman–Crippen LogP) is 0.436. The second kappa shape index (κ2) is 5.29. The van der Waals surface area contributed by atoms with Crippen LogP contribution in [0.3, 0.4) is 0 Å². The summed E-state index contributed by atoms with van der Waals surface area (Å²) in [6.45, 7) is 3.18. The average molecular weight is 216 g/mol. The smallest absolute Gasteiger partial charge is 0.0475 e. The minimum absolute atomic E-state index is 0.156. The summed E-state index contributed by atoms with van der Waals surface area (Å²) >= 11 is 0. The molecule has 13 heavy (non-hydrogen) atoms. The fraction of sp³-hybridized carbons (Fsp3) is 1.00. The molecule has 2 aliphatic rings. The molecule has 0 aromatic rings. The van der Waals surface area contributed by atoms with Gasteiger partial charge in [0.05, 0.1) is 0 Å². The molecule has 2 heterocycles. The van der Waals surface area contributed by atoms with Crippen molar-refractivity contribution in [3.63, 3.8) is 0 Å². The number of ether oxygens (including phenoxy) is 2. The Hall–Kier alpha value is 0.354. The summed E-state index contributed by atoms with van der Waals surface area (Å²) in [6.07, 6.45) is 4.12. The van der Waals surface area contributed by atoms with Gasteiger partial charge >= 0.3 is 0 Å². The lowest BCUT2D eigenvalue weighted by molar-refractivity contribution is 0.0662. The van der Waals surface area contributed by atoms with Gasteiger partial charge in [-0.1, -0.05) is 0 Å². The Balaban J connectivity index is 1.69. The minimum atomic E-state index is -0.310. The normalized spacial score (nSPS) is 32.8. The van der Waals surface area contributed by atoms with Crippen LogP contribution in [-0.4, -0.2) is 42.9 Å². The quantitative estimate of drug-likeness (QED) is 0.624. The van der Waals surface area contributed by atoms with Gasteiger partial charge in [0.2, 0.25) is 0 Å². The fourth-order valence-corrected chi connectivity index (χ4v) is 11.4. The van der Waals surface area contributed by atoms with E-state index in [1.807, 2.05) is 0 Å². The van der Waals surface area contributed by atoms with E-state index in [4.69, 9.17) is 9.47 Å². The molecule has 4 heteroatoms. The molecular weight excluding hydrogens is 196 g/mol. The molecule has 0 amide bonds. The van der Waals surface area contributed by atoms with E-state index in [-0.39, 0.29) is 17.4 Å². The Kier molecular flexibility index (Phi) is 4.02. The Morgan fingerprint density at radius 3 is 2.62 bits per heavy atom. The lowest BCUT2D eigenvalue weighted by Gasteiger charge is -2.27. The van der Waals surface area contributed by atoms with Crippen LogP contribution in [0.15, 0.2) is 0 Å². The number of rotatable bonds is 2. The molecule has 2 aliphatic heterocycles. The molecule has 2 nitrogen and oxygen atoms in total. The molecule has 2 rings (SSSR count). The Labute approximate surface area is 84.2 Å². The second-order valence-corrected chi connectivity index (χ2v) is 13.4. The van der Waals surface area contributed by atoms with E-state index in [2.05, 4.69) is 0 Å². The first-order chi connectivity index (χ1) is 6.45. The number of hydrogen-bond donors (Lipinski definition) is 0. The van der Waals surface area contributed by atoms with Crippen molar-refractivity contribution in [2.45, 2.75) is 37.1 Å². The van der Waals surface area contributed by atoms with E-state index in [0.717, 1.165) is 25.5 Å². The van der Waals surface area contributed by atoms with Gasteiger partial charge in [0.25, 0.3) is 0 Å². The first-order valence-electron chi connectivity index (χ1n) is 5.64. The highest BCUT2D eigenvalue weighted by Crippen LogP contribution is 2.15. The fourth-order valence-electron chi connectivity index (χ4n) is 2.35. The largest absolute Gasteiger partial charge is 0.383 e. The topological polar surface area (TPSA) is 18.5 Å². The Morgan fingerprint density at radius 1 is 1.08 bits per heavy atom. The van der Waals surface area contributed by atoms with E-state index in [1.165, 1.54) is 31.4 Å². The van der Waals surface area contributed by atoms with E-state index >= 15 is 0 Å². The molecule has 0 spiro atoms. The molecule has 2 saturated heterocycles. The maximum Gasteiger partial charge on any atom is 0.0475 e. The van der Waals surface area contributed by atoms with Crippen molar-refractivity contribution >= 4 is 17.4 Å². The van der Waals surface area contributed by atoms with Gasteiger partial charge in [-0.05, 0) is 31.4 Å². The zero-order valence-electron chi connectivity index (χ0n) is 8.34. The van der Waals surface area contributed by atoms with Gasteiger partial charge in [-0.2, -0.15) is 0 Å². The van der Waals surface area contributed by atoms with Crippen molar-refractivity contribution < 1.29 is 9.47 Å². The highest BCUT2D eigenvalue weighted by atomic mass is 29.2. The van der Waals surface area contributed by atoms with Gasteiger partial charge in [-0.15, -0.1) is 0 Å². The average Bonchev–Trinajstić information content (AvgIpc) is 2.21. The maximum atomic E-state index is 5.84. The molecule has 0 aromatic carbocycles. The van der Waals surface area contributed by atoms with E-state index in [9.17, 15) is 0 Å². The van der Waals surface area contributed by atoms with Crippen molar-refractivity contribution in [3.8, 4) is 0 Å². The van der Waals surface area contributed by atoms with Gasteiger partial charge < -0.3 is 9.47 Å². The zero-order chi connectivity index (χ0) is 8.93. The monoisotopic (exact) mass is 216 g/mol. The summed E-state index contributed by atoms with van der Waals surface area (Å²) in [5, 5.41) is 0. The summed E-state index contributed by atoms with van der Waals surface area (Å²) in [6, 6.07) is 2.90. The molecule has 0 bridgehead atoms. The SMILES string of the molecule is C1CCC([SiH2][SiH]2CCOCC2)OC1. The van der Waals surface area contributed by atoms with Crippen molar-refractivity contribution in [2.75, 3.05) is 19.8 Å². The third kappa shape index (κ3) is 3.20. The Morgan fingerprint density at radius 2 is 1.92 bits per heavy atom. The Bertz CT molecular complexity index is 127. The molecule has 2 fully saturated rings. The third-order valence-electron chi connectivity index (χ3n) is 3.21. The van der Waals surface area contributed by atoms with Gasteiger partial charge in [-0.25, -0.2) is 0 Å². The highest BCUT2D eigenvalue weighted by molar-refractivity contribution is 7.13. The molecular formula is C9H20O2Si2. The van der Waals surface area contributed by atoms with Gasteiger partial charge in [0, 0.05) is 42.9 Å². The van der Waals surface area contributed by atoms with E-state index in [0.29, 0.717) is 0 Å². The zero-order valence-corrected chi connectivity index (χ0v) is 10.9. The predicted molar refractivity (Wildman–Crippen MR) is 59.7 cm³/mol. The molecule has 1 atom stereocenters. The van der Waals surface area contributed by atoms with Crippen molar-refractivity contribution in [3.05, 3.63) is 0 Å². The van der Waals surface area contributed by atoms with Crippen LogP contribution in [-0.2, 0) is 9.47 Å². The van der Waals surface area contributed by atoms with Crippen LogP contribution in [0.2, 0.25) is 12.1 Å². The van der Waals surface area contributed by atoms with Crippen LogP contribution in [0.1, 0.15) is 19.3 Å². The molecule has 0 radical (unpaired) electrons. The van der Waals surface area contributed by atoms with Crippen molar-refractivity contribution in [1.82, 2.24) is 0 Å². The molecule has 0 aromatic heterocycles. The third-order valence-corrected chi connectivity index (χ3v) is 13.2. The number of hydrogen-bond acceptors (Lipinski definition) is 2. The second-order valence-electron chi connectivity index (χ2n) is 4.28. The molecule has 0 aliphatic carbocycles. The highest BCUT2D eigenvalue weighted by Gasteiger charge is 2.22. The summed E-state index contributed by atoms with van der Waals surface area (Å²) in [5.41, 5.74) is 0.767. The van der Waals surface area contributed by atoms with Crippen LogP contribution >= 0.6 is 0 Å². The van der Waals surface area contributed by atoms with Crippen molar-refractivity contribution in [1.29, 1.82) is 0 Å². The van der Waals surface area contributed by atoms with Crippen LogP contribution in [0.25, 0.3) is 0 Å². The molecule has 0 N–H and O–H groups in total. The van der Waals surface area contributed by atoms with Gasteiger partial charge in [-0.3, -0.25) is 0 Å². The van der Waals surface area contributed by atoms with Gasteiger partial charge in [0.15, 0.2) is 0 Å². The van der Waals surface area contributed by atoms with E-state index < -0.39 is 0 Å². The van der Waals surface area contributed by atoms with Crippen LogP contribution < -0.4 is 0 Å². The maximum absolute atomic E-state index is 5.84. The summed E-state index contributed by atoms with van der Waals surface area (Å²) < 4.78 is 11.2. The van der Waals surface area contributed by atoms with E-state index in [1.54, 1.807) is 0 Å². The molecule has 76 valence electrons. The lowest BCUT2D eigenvalue weighted by Crippen LogP contribution is -2.39. The van der Waals surface area contributed by atoms with Crippen LogP contribution in [0.4, 0.5) is 0 Å². The summed E-state index contributed by atoms with van der Waals surface area (Å²) in [4.78, 5) is 0. The summed E-state index contributed by atoms with van der Waals surface area (Å²) in [5.74, 6) is 0. The first kappa shape index (κ1) is 9.89. The van der Waals surface area contributed by atoms with Crippen LogP contribution in [0.5, 0.6) is 0 Å². The standard InChI is InChI=1S/C9H20O2Si2/c1-2-4-11-9(3-1)12-13-7-5-10-6-8-13/h9,13H,1-8,12H2.